The van der Waals surface area contributed by atoms with Gasteiger partial charge in [0.2, 0.25) is 0 Å². The normalized spacial score (nSPS) is 25.5. The number of fused-ring (bicyclic) bond motifs is 1. The van der Waals surface area contributed by atoms with E-state index in [1.165, 1.54) is 0 Å². The quantitative estimate of drug-likeness (QED) is 0.813. The van der Waals surface area contributed by atoms with E-state index >= 15 is 0 Å². The molecule has 0 bridgehead atoms. The maximum Gasteiger partial charge on any atom is 0.144 e. The maximum atomic E-state index is 12.7. The number of ketones is 1. The van der Waals surface area contributed by atoms with Crippen molar-refractivity contribution < 1.29 is 4.79 Å². The van der Waals surface area contributed by atoms with E-state index in [-0.39, 0.29) is 11.8 Å². The molecule has 0 unspecified atom stereocenters. The van der Waals surface area contributed by atoms with Gasteiger partial charge in [-0.15, -0.1) is 0 Å². The van der Waals surface area contributed by atoms with Crippen LogP contribution in [0.4, 0.5) is 5.69 Å². The minimum Gasteiger partial charge on any atom is -0.299 e. The Balaban J connectivity index is 1.87. The standard InChI is InChI=1S/C20H19ClN2O/c1-14(24)20-13-5-8-18(20)23(17-6-3-2-4-7-17)22-19(20)15-9-11-16(21)12-10-15/h2-4,6-7,9-12,18H,5,8,13H2,1H3/t18-,20-/m1/s1. The van der Waals surface area contributed by atoms with Gasteiger partial charge < -0.3 is 0 Å². The number of hydrogen-bond acceptors (Lipinski definition) is 3. The lowest BCUT2D eigenvalue weighted by molar-refractivity contribution is -0.123. The van der Waals surface area contributed by atoms with Crippen molar-refractivity contribution in [2.24, 2.45) is 10.5 Å². The van der Waals surface area contributed by atoms with E-state index in [4.69, 9.17) is 16.7 Å². The summed E-state index contributed by atoms with van der Waals surface area (Å²) in [5, 5.41) is 7.67. The third kappa shape index (κ3) is 2.19. The average molecular weight is 339 g/mol. The van der Waals surface area contributed by atoms with Crippen LogP contribution in [0.25, 0.3) is 0 Å². The van der Waals surface area contributed by atoms with Crippen LogP contribution in [0.1, 0.15) is 31.7 Å². The number of nitrogens with zero attached hydrogens (tertiary/aromatic N) is 2. The molecule has 0 aromatic heterocycles. The maximum absolute atomic E-state index is 12.7. The van der Waals surface area contributed by atoms with Gasteiger partial charge in [0.25, 0.3) is 0 Å². The summed E-state index contributed by atoms with van der Waals surface area (Å²) in [6, 6.07) is 17.9. The number of hydrogen-bond donors (Lipinski definition) is 0. The molecule has 4 rings (SSSR count). The summed E-state index contributed by atoms with van der Waals surface area (Å²) < 4.78 is 0. The van der Waals surface area contributed by atoms with Crippen LogP contribution < -0.4 is 5.01 Å². The predicted molar refractivity (Wildman–Crippen MR) is 97.7 cm³/mol. The molecule has 24 heavy (non-hydrogen) atoms. The van der Waals surface area contributed by atoms with Crippen molar-refractivity contribution in [2.45, 2.75) is 32.2 Å². The first kappa shape index (κ1) is 15.4. The van der Waals surface area contributed by atoms with E-state index in [0.717, 1.165) is 36.2 Å². The minimum atomic E-state index is -0.510. The van der Waals surface area contributed by atoms with Crippen LogP contribution in [-0.4, -0.2) is 17.5 Å². The van der Waals surface area contributed by atoms with Crippen LogP contribution in [0.15, 0.2) is 59.7 Å². The molecule has 122 valence electrons. The Morgan fingerprint density at radius 3 is 2.54 bits per heavy atom. The van der Waals surface area contributed by atoms with Crippen LogP contribution in [0.3, 0.4) is 0 Å². The summed E-state index contributed by atoms with van der Waals surface area (Å²) in [4.78, 5) is 12.7. The van der Waals surface area contributed by atoms with Crippen LogP contribution in [0.5, 0.6) is 0 Å². The van der Waals surface area contributed by atoms with Gasteiger partial charge in [0.1, 0.15) is 5.78 Å². The summed E-state index contributed by atoms with van der Waals surface area (Å²) in [7, 11) is 0. The summed E-state index contributed by atoms with van der Waals surface area (Å²) in [6.45, 7) is 1.71. The van der Waals surface area contributed by atoms with Crippen molar-refractivity contribution in [3.63, 3.8) is 0 Å². The van der Waals surface area contributed by atoms with Crippen molar-refractivity contribution in [3.8, 4) is 0 Å². The molecule has 2 aromatic carbocycles. The second-order valence-corrected chi connectivity index (χ2v) is 7.01. The second kappa shape index (κ2) is 5.75. The summed E-state index contributed by atoms with van der Waals surface area (Å²) in [6.07, 6.45) is 2.88. The zero-order valence-electron chi connectivity index (χ0n) is 13.6. The lowest BCUT2D eigenvalue weighted by Gasteiger charge is -2.31. The lowest BCUT2D eigenvalue weighted by Crippen LogP contribution is -2.45. The first-order valence-corrected chi connectivity index (χ1v) is 8.71. The molecule has 2 atom stereocenters. The van der Waals surface area contributed by atoms with E-state index < -0.39 is 5.41 Å². The highest BCUT2D eigenvalue weighted by atomic mass is 35.5. The van der Waals surface area contributed by atoms with Crippen LogP contribution in [0.2, 0.25) is 5.02 Å². The van der Waals surface area contributed by atoms with Gasteiger partial charge in [-0.2, -0.15) is 5.10 Å². The number of para-hydroxylation sites is 1. The van der Waals surface area contributed by atoms with Gasteiger partial charge in [0.05, 0.1) is 22.9 Å². The number of rotatable bonds is 3. The lowest BCUT2D eigenvalue weighted by atomic mass is 9.73. The fourth-order valence-corrected chi connectivity index (χ4v) is 4.31. The monoisotopic (exact) mass is 338 g/mol. The molecule has 1 aliphatic carbocycles. The zero-order chi connectivity index (χ0) is 16.7. The molecule has 0 spiro atoms. The summed E-state index contributed by atoms with van der Waals surface area (Å²) in [5.41, 5.74) is 2.40. The summed E-state index contributed by atoms with van der Waals surface area (Å²) >= 11 is 6.03. The largest absolute Gasteiger partial charge is 0.299 e. The Labute approximate surface area is 146 Å². The van der Waals surface area contributed by atoms with E-state index in [1.807, 2.05) is 42.5 Å². The number of carbonyl (C=O) groups excluding carboxylic acids is 1. The molecule has 2 aliphatic rings. The van der Waals surface area contributed by atoms with Crippen LogP contribution in [-0.2, 0) is 4.79 Å². The Morgan fingerprint density at radius 2 is 1.88 bits per heavy atom. The predicted octanol–water partition coefficient (Wildman–Crippen LogP) is 4.69. The third-order valence-corrected chi connectivity index (χ3v) is 5.56. The number of Topliss-reactive ketones (excluding diaryl/α,β-unsaturated/α-hetero) is 1. The Kier molecular flexibility index (Phi) is 3.69. The third-order valence-electron chi connectivity index (χ3n) is 5.31. The second-order valence-electron chi connectivity index (χ2n) is 6.57. The van der Waals surface area contributed by atoms with E-state index in [0.29, 0.717) is 5.02 Å². The molecule has 0 amide bonds. The van der Waals surface area contributed by atoms with Crippen molar-refractivity contribution in [2.75, 3.05) is 5.01 Å². The number of hydrazone groups is 1. The van der Waals surface area contributed by atoms with E-state index in [2.05, 4.69) is 17.1 Å². The molecule has 3 nitrogen and oxygen atoms in total. The van der Waals surface area contributed by atoms with Gasteiger partial charge in [0.15, 0.2) is 0 Å². The average Bonchev–Trinajstić information content (AvgIpc) is 3.15. The molecule has 1 heterocycles. The van der Waals surface area contributed by atoms with Gasteiger partial charge in [-0.3, -0.25) is 9.80 Å². The van der Waals surface area contributed by atoms with Crippen LogP contribution >= 0.6 is 11.6 Å². The van der Waals surface area contributed by atoms with E-state index in [9.17, 15) is 4.79 Å². The molecule has 2 aromatic rings. The number of halogens is 1. The molecule has 1 saturated carbocycles. The molecular formula is C20H19ClN2O. The first-order valence-electron chi connectivity index (χ1n) is 8.33. The van der Waals surface area contributed by atoms with E-state index in [1.54, 1.807) is 6.92 Å². The number of benzene rings is 2. The van der Waals surface area contributed by atoms with Gasteiger partial charge in [-0.05, 0) is 56.0 Å². The molecule has 0 saturated heterocycles. The Morgan fingerprint density at radius 1 is 1.17 bits per heavy atom. The smallest absolute Gasteiger partial charge is 0.144 e. The number of carbonyl (C=O) groups is 1. The van der Waals surface area contributed by atoms with Gasteiger partial charge in [-0.1, -0.05) is 41.9 Å². The fraction of sp³-hybridized carbons (Fsp3) is 0.300. The van der Waals surface area contributed by atoms with Gasteiger partial charge >= 0.3 is 0 Å². The van der Waals surface area contributed by atoms with Gasteiger partial charge in [0, 0.05) is 5.02 Å². The highest BCUT2D eigenvalue weighted by Gasteiger charge is 2.57. The Hall–Kier alpha value is -2.13. The zero-order valence-corrected chi connectivity index (χ0v) is 14.3. The molecule has 4 heteroatoms. The van der Waals surface area contributed by atoms with Crippen molar-refractivity contribution in [3.05, 3.63) is 65.2 Å². The molecule has 1 fully saturated rings. The highest BCUT2D eigenvalue weighted by Crippen LogP contribution is 2.50. The minimum absolute atomic E-state index is 0.100. The number of anilines is 1. The van der Waals surface area contributed by atoms with Crippen molar-refractivity contribution in [1.82, 2.24) is 0 Å². The Bertz CT molecular complexity index is 800. The first-order chi connectivity index (χ1) is 11.6. The van der Waals surface area contributed by atoms with Gasteiger partial charge in [-0.25, -0.2) is 0 Å². The summed E-state index contributed by atoms with van der Waals surface area (Å²) in [5.74, 6) is 0.206. The fourth-order valence-electron chi connectivity index (χ4n) is 4.18. The molecule has 0 radical (unpaired) electrons. The SMILES string of the molecule is CC(=O)[C@]12CCC[C@H]1N(c1ccccc1)N=C2c1ccc(Cl)cc1. The molecular weight excluding hydrogens is 320 g/mol. The molecule has 1 aliphatic heterocycles. The molecule has 0 N–H and O–H groups in total. The van der Waals surface area contributed by atoms with Crippen LogP contribution in [0, 0.1) is 5.41 Å². The highest BCUT2D eigenvalue weighted by molar-refractivity contribution is 6.30. The topological polar surface area (TPSA) is 32.7 Å². The van der Waals surface area contributed by atoms with Crippen molar-refractivity contribution >= 4 is 28.8 Å². The van der Waals surface area contributed by atoms with Crippen molar-refractivity contribution in [1.29, 1.82) is 0 Å².